The number of nitrogens with zero attached hydrogens (tertiary/aromatic N) is 3. The van der Waals surface area contributed by atoms with Gasteiger partial charge in [-0.2, -0.15) is 0 Å². The van der Waals surface area contributed by atoms with Crippen molar-refractivity contribution in [2.24, 2.45) is 11.7 Å². The minimum Gasteiger partial charge on any atom is -0.325 e. The van der Waals surface area contributed by atoms with Crippen molar-refractivity contribution in [2.45, 2.75) is 64.0 Å². The van der Waals surface area contributed by atoms with Gasteiger partial charge in [0.25, 0.3) is 0 Å². The minimum absolute atomic E-state index is 0.536. The van der Waals surface area contributed by atoms with Crippen LogP contribution in [0.5, 0.6) is 0 Å². The van der Waals surface area contributed by atoms with E-state index in [1.165, 1.54) is 50.6 Å². The number of aromatic nitrogens is 3. The largest absolute Gasteiger partial charge is 0.325 e. The van der Waals surface area contributed by atoms with E-state index in [4.69, 9.17) is 5.73 Å². The molecule has 2 aliphatic rings. The first-order valence-electron chi connectivity index (χ1n) is 7.01. The van der Waals surface area contributed by atoms with Gasteiger partial charge in [-0.05, 0) is 38.0 Å². The smallest absolute Gasteiger partial charge is 0.0994 e. The van der Waals surface area contributed by atoms with Crippen molar-refractivity contribution in [3.8, 4) is 0 Å². The van der Waals surface area contributed by atoms with E-state index in [0.29, 0.717) is 12.6 Å². The van der Waals surface area contributed by atoms with Crippen molar-refractivity contribution in [1.29, 1.82) is 0 Å². The van der Waals surface area contributed by atoms with Crippen LogP contribution in [0.1, 0.15) is 62.4 Å². The molecule has 0 aromatic carbocycles. The van der Waals surface area contributed by atoms with Crippen LogP contribution in [0.15, 0.2) is 0 Å². The Bertz CT molecular complexity index is 375. The van der Waals surface area contributed by atoms with E-state index in [2.05, 4.69) is 15.0 Å². The molecular formula is C13H22N4. The maximum atomic E-state index is 5.77. The van der Waals surface area contributed by atoms with E-state index >= 15 is 0 Å². The Morgan fingerprint density at radius 1 is 1.12 bits per heavy atom. The second-order valence-corrected chi connectivity index (χ2v) is 5.57. The lowest BCUT2D eigenvalue weighted by molar-refractivity contribution is 0.316. The van der Waals surface area contributed by atoms with Gasteiger partial charge in [-0.1, -0.05) is 24.5 Å². The number of nitrogens with two attached hydrogens (primary N) is 1. The van der Waals surface area contributed by atoms with Gasteiger partial charge in [0, 0.05) is 6.54 Å². The standard InChI is InChI=1S/C13H22N4/c14-9-12-13(8-10-6-7-10)17(16-15-12)11-4-2-1-3-5-11/h10-11H,1-9,14H2. The summed E-state index contributed by atoms with van der Waals surface area (Å²) in [6.07, 6.45) is 10.5. The first kappa shape index (κ1) is 11.2. The van der Waals surface area contributed by atoms with Crippen molar-refractivity contribution in [1.82, 2.24) is 15.0 Å². The van der Waals surface area contributed by atoms with Crippen molar-refractivity contribution in [3.05, 3.63) is 11.4 Å². The summed E-state index contributed by atoms with van der Waals surface area (Å²) in [5.74, 6) is 0.876. The molecule has 1 heterocycles. The maximum Gasteiger partial charge on any atom is 0.0994 e. The molecule has 2 saturated carbocycles. The molecule has 94 valence electrons. The summed E-state index contributed by atoms with van der Waals surface area (Å²) >= 11 is 0. The van der Waals surface area contributed by atoms with E-state index in [9.17, 15) is 0 Å². The van der Waals surface area contributed by atoms with E-state index < -0.39 is 0 Å². The Kier molecular flexibility index (Phi) is 3.14. The molecule has 1 aromatic rings. The van der Waals surface area contributed by atoms with Gasteiger partial charge in [-0.25, -0.2) is 4.68 Å². The molecule has 17 heavy (non-hydrogen) atoms. The van der Waals surface area contributed by atoms with Gasteiger partial charge < -0.3 is 5.73 Å². The average Bonchev–Trinajstić information content (AvgIpc) is 3.09. The van der Waals surface area contributed by atoms with E-state index in [1.807, 2.05) is 0 Å². The summed E-state index contributed by atoms with van der Waals surface area (Å²) in [5, 5.41) is 8.66. The van der Waals surface area contributed by atoms with Crippen molar-refractivity contribution < 1.29 is 0 Å². The molecule has 4 nitrogen and oxygen atoms in total. The van der Waals surface area contributed by atoms with Crippen LogP contribution >= 0.6 is 0 Å². The quantitative estimate of drug-likeness (QED) is 0.868. The van der Waals surface area contributed by atoms with Gasteiger partial charge in [0.1, 0.15) is 0 Å². The van der Waals surface area contributed by atoms with Crippen molar-refractivity contribution >= 4 is 0 Å². The molecule has 3 rings (SSSR count). The average molecular weight is 234 g/mol. The summed E-state index contributed by atoms with van der Waals surface area (Å²) in [7, 11) is 0. The maximum absolute atomic E-state index is 5.77. The fourth-order valence-electron chi connectivity index (χ4n) is 2.93. The molecule has 0 saturated heterocycles. The second kappa shape index (κ2) is 4.77. The zero-order valence-electron chi connectivity index (χ0n) is 10.4. The molecule has 0 spiro atoms. The molecule has 0 unspecified atom stereocenters. The number of hydrogen-bond acceptors (Lipinski definition) is 3. The molecule has 0 bridgehead atoms. The minimum atomic E-state index is 0.536. The number of rotatable bonds is 4. The molecule has 4 heteroatoms. The predicted octanol–water partition coefficient (Wildman–Crippen LogP) is 2.19. The lowest BCUT2D eigenvalue weighted by Gasteiger charge is -2.23. The summed E-state index contributed by atoms with van der Waals surface area (Å²) in [4.78, 5) is 0. The summed E-state index contributed by atoms with van der Waals surface area (Å²) in [6.45, 7) is 0.536. The van der Waals surface area contributed by atoms with Gasteiger partial charge in [-0.3, -0.25) is 0 Å². The van der Waals surface area contributed by atoms with Crippen LogP contribution in [0.25, 0.3) is 0 Å². The Labute approximate surface area is 103 Å². The Hall–Kier alpha value is -0.900. The van der Waals surface area contributed by atoms with E-state index in [1.54, 1.807) is 0 Å². The highest BCUT2D eigenvalue weighted by molar-refractivity contribution is 5.13. The van der Waals surface area contributed by atoms with Crippen molar-refractivity contribution in [3.63, 3.8) is 0 Å². The summed E-state index contributed by atoms with van der Waals surface area (Å²) in [5.41, 5.74) is 8.14. The number of hydrogen-bond donors (Lipinski definition) is 1. The molecular weight excluding hydrogens is 212 g/mol. The van der Waals surface area contributed by atoms with Gasteiger partial charge >= 0.3 is 0 Å². The van der Waals surface area contributed by atoms with Crippen LogP contribution < -0.4 is 5.73 Å². The van der Waals surface area contributed by atoms with Crippen LogP contribution in [0.2, 0.25) is 0 Å². The van der Waals surface area contributed by atoms with E-state index in [0.717, 1.165) is 18.0 Å². The Morgan fingerprint density at radius 3 is 2.53 bits per heavy atom. The molecule has 2 aliphatic carbocycles. The Balaban J connectivity index is 1.83. The molecule has 0 radical (unpaired) electrons. The van der Waals surface area contributed by atoms with Crippen LogP contribution in [0.4, 0.5) is 0 Å². The second-order valence-electron chi connectivity index (χ2n) is 5.57. The fourth-order valence-corrected chi connectivity index (χ4v) is 2.93. The third-order valence-corrected chi connectivity index (χ3v) is 4.16. The van der Waals surface area contributed by atoms with Crippen LogP contribution in [-0.2, 0) is 13.0 Å². The summed E-state index contributed by atoms with van der Waals surface area (Å²) < 4.78 is 2.21. The van der Waals surface area contributed by atoms with Crippen LogP contribution in [-0.4, -0.2) is 15.0 Å². The predicted molar refractivity (Wildman–Crippen MR) is 66.5 cm³/mol. The van der Waals surface area contributed by atoms with Gasteiger partial charge in [-0.15, -0.1) is 5.10 Å². The normalized spacial score (nSPS) is 21.9. The third-order valence-electron chi connectivity index (χ3n) is 4.16. The molecule has 0 aliphatic heterocycles. The van der Waals surface area contributed by atoms with Crippen LogP contribution in [0.3, 0.4) is 0 Å². The zero-order chi connectivity index (χ0) is 11.7. The molecule has 2 N–H and O–H groups in total. The monoisotopic (exact) mass is 234 g/mol. The topological polar surface area (TPSA) is 56.7 Å². The van der Waals surface area contributed by atoms with Gasteiger partial charge in [0.2, 0.25) is 0 Å². The van der Waals surface area contributed by atoms with Gasteiger partial charge in [0.05, 0.1) is 17.4 Å². The first-order valence-corrected chi connectivity index (χ1v) is 7.01. The zero-order valence-corrected chi connectivity index (χ0v) is 10.4. The van der Waals surface area contributed by atoms with Gasteiger partial charge in [0.15, 0.2) is 0 Å². The molecule has 0 amide bonds. The lowest BCUT2D eigenvalue weighted by Crippen LogP contribution is -2.17. The lowest BCUT2D eigenvalue weighted by atomic mass is 9.95. The SMILES string of the molecule is NCc1nnn(C2CCCCC2)c1CC1CC1. The highest BCUT2D eigenvalue weighted by atomic mass is 15.4. The molecule has 2 fully saturated rings. The highest BCUT2D eigenvalue weighted by Crippen LogP contribution is 2.35. The summed E-state index contributed by atoms with van der Waals surface area (Å²) in [6, 6.07) is 0.588. The van der Waals surface area contributed by atoms with E-state index in [-0.39, 0.29) is 0 Å². The first-order chi connectivity index (χ1) is 8.38. The van der Waals surface area contributed by atoms with Crippen LogP contribution in [0, 0.1) is 5.92 Å². The van der Waals surface area contributed by atoms with Crippen molar-refractivity contribution in [2.75, 3.05) is 0 Å². The molecule has 1 aromatic heterocycles. The fraction of sp³-hybridized carbons (Fsp3) is 0.846. The highest BCUT2D eigenvalue weighted by Gasteiger charge is 2.28. The Morgan fingerprint density at radius 2 is 1.88 bits per heavy atom. The molecule has 0 atom stereocenters. The third kappa shape index (κ3) is 2.37.